The second-order valence-electron chi connectivity index (χ2n) is 4.79. The number of para-hydroxylation sites is 1. The molecule has 1 N–H and O–H groups in total. The predicted molar refractivity (Wildman–Crippen MR) is 77.5 cm³/mol. The van der Waals surface area contributed by atoms with Crippen LogP contribution in [0.5, 0.6) is 0 Å². The summed E-state index contributed by atoms with van der Waals surface area (Å²) < 4.78 is 0. The maximum Gasteiger partial charge on any atom is 0.337 e. The van der Waals surface area contributed by atoms with Gasteiger partial charge in [0.1, 0.15) is 0 Å². The first-order chi connectivity index (χ1) is 9.50. The number of hydrogen-bond donors (Lipinski definition) is 1. The Morgan fingerprint density at radius 2 is 1.95 bits per heavy atom. The molecular formula is C14H17ClN2O3. The molecule has 0 spiro atoms. The van der Waals surface area contributed by atoms with Gasteiger partial charge in [-0.2, -0.15) is 0 Å². The Balaban J connectivity index is 2.28. The van der Waals surface area contributed by atoms with Gasteiger partial charge in [-0.05, 0) is 18.6 Å². The van der Waals surface area contributed by atoms with Crippen LogP contribution in [0.3, 0.4) is 0 Å². The first-order valence-corrected chi connectivity index (χ1v) is 6.90. The minimum absolute atomic E-state index is 0.0458. The summed E-state index contributed by atoms with van der Waals surface area (Å²) in [6, 6.07) is 4.88. The number of hydrogen-bond acceptors (Lipinski definition) is 3. The summed E-state index contributed by atoms with van der Waals surface area (Å²) in [5.41, 5.74) is 0.751. The lowest BCUT2D eigenvalue weighted by atomic mass is 10.1. The van der Waals surface area contributed by atoms with E-state index in [2.05, 4.69) is 0 Å². The number of nitrogens with zero attached hydrogens (tertiary/aromatic N) is 2. The van der Waals surface area contributed by atoms with E-state index in [9.17, 15) is 14.7 Å². The van der Waals surface area contributed by atoms with Gasteiger partial charge in [0.25, 0.3) is 0 Å². The lowest BCUT2D eigenvalue weighted by Crippen LogP contribution is -2.34. The van der Waals surface area contributed by atoms with Crippen LogP contribution >= 0.6 is 11.6 Å². The van der Waals surface area contributed by atoms with E-state index >= 15 is 0 Å². The Labute approximate surface area is 122 Å². The molecule has 2 rings (SSSR count). The molecule has 1 aromatic carbocycles. The van der Waals surface area contributed by atoms with Crippen molar-refractivity contribution < 1.29 is 14.7 Å². The lowest BCUT2D eigenvalue weighted by Gasteiger charge is -2.25. The van der Waals surface area contributed by atoms with Crippen molar-refractivity contribution in [2.45, 2.75) is 13.3 Å². The summed E-state index contributed by atoms with van der Waals surface area (Å²) >= 11 is 6.17. The molecule has 0 aromatic heterocycles. The van der Waals surface area contributed by atoms with Gasteiger partial charge >= 0.3 is 5.97 Å². The minimum atomic E-state index is -0.991. The molecule has 108 valence electrons. The maximum absolute atomic E-state index is 11.4. The molecule has 1 saturated heterocycles. The topological polar surface area (TPSA) is 60.9 Å². The van der Waals surface area contributed by atoms with E-state index in [0.717, 1.165) is 6.42 Å². The van der Waals surface area contributed by atoms with Gasteiger partial charge in [-0.15, -0.1) is 0 Å². The largest absolute Gasteiger partial charge is 0.478 e. The van der Waals surface area contributed by atoms with E-state index in [1.54, 1.807) is 30.0 Å². The molecule has 0 radical (unpaired) electrons. The quantitative estimate of drug-likeness (QED) is 0.908. The number of carboxylic acids is 1. The van der Waals surface area contributed by atoms with Crippen LogP contribution in [0.2, 0.25) is 5.02 Å². The van der Waals surface area contributed by atoms with Crippen LogP contribution in [0.4, 0.5) is 5.69 Å². The second-order valence-corrected chi connectivity index (χ2v) is 5.20. The Hall–Kier alpha value is -1.75. The highest BCUT2D eigenvalue weighted by atomic mass is 35.5. The van der Waals surface area contributed by atoms with E-state index in [1.165, 1.54) is 0 Å². The number of halogens is 1. The van der Waals surface area contributed by atoms with Crippen molar-refractivity contribution in [3.05, 3.63) is 28.8 Å². The molecule has 0 unspecified atom stereocenters. The van der Waals surface area contributed by atoms with Gasteiger partial charge in [0, 0.05) is 33.1 Å². The van der Waals surface area contributed by atoms with Crippen LogP contribution in [-0.4, -0.2) is 48.1 Å². The molecule has 1 aliphatic rings. The summed E-state index contributed by atoms with van der Waals surface area (Å²) in [6.45, 7) is 4.10. The Kier molecular flexibility index (Phi) is 4.49. The Bertz CT molecular complexity index is 533. The molecule has 0 atom stereocenters. The van der Waals surface area contributed by atoms with Gasteiger partial charge in [-0.25, -0.2) is 4.79 Å². The zero-order valence-corrected chi connectivity index (χ0v) is 12.1. The van der Waals surface area contributed by atoms with Gasteiger partial charge in [-0.1, -0.05) is 17.7 Å². The third-order valence-corrected chi connectivity index (χ3v) is 3.78. The molecule has 1 heterocycles. The second kappa shape index (κ2) is 6.13. The monoisotopic (exact) mass is 296 g/mol. The van der Waals surface area contributed by atoms with Crippen molar-refractivity contribution in [2.75, 3.05) is 31.1 Å². The summed E-state index contributed by atoms with van der Waals surface area (Å²) in [7, 11) is 0. The summed E-state index contributed by atoms with van der Waals surface area (Å²) in [5.74, 6) is -0.945. The molecule has 1 aromatic rings. The number of carbonyl (C=O) groups excluding carboxylic acids is 1. The lowest BCUT2D eigenvalue weighted by molar-refractivity contribution is -0.128. The number of aromatic carboxylic acids is 1. The van der Waals surface area contributed by atoms with E-state index in [0.29, 0.717) is 36.9 Å². The van der Waals surface area contributed by atoms with Gasteiger partial charge in [0.15, 0.2) is 0 Å². The highest BCUT2D eigenvalue weighted by molar-refractivity contribution is 6.34. The third kappa shape index (κ3) is 3.04. The average molecular weight is 297 g/mol. The number of benzene rings is 1. The predicted octanol–water partition coefficient (Wildman–Crippen LogP) is 2.10. The van der Waals surface area contributed by atoms with Gasteiger partial charge in [0.05, 0.1) is 16.3 Å². The third-order valence-electron chi connectivity index (χ3n) is 3.47. The normalized spacial score (nSPS) is 15.9. The van der Waals surface area contributed by atoms with Crippen molar-refractivity contribution in [3.8, 4) is 0 Å². The van der Waals surface area contributed by atoms with Crippen molar-refractivity contribution in [1.82, 2.24) is 4.90 Å². The number of rotatable bonds is 2. The smallest absolute Gasteiger partial charge is 0.337 e. The SMILES string of the molecule is CC(=O)N1CCCN(c2c(Cl)cccc2C(=O)O)CC1. The fourth-order valence-electron chi connectivity index (χ4n) is 2.47. The van der Waals surface area contributed by atoms with Gasteiger partial charge in [0.2, 0.25) is 5.91 Å². The van der Waals surface area contributed by atoms with E-state index in [1.807, 2.05) is 4.90 Å². The zero-order valence-electron chi connectivity index (χ0n) is 11.3. The molecule has 0 saturated carbocycles. The van der Waals surface area contributed by atoms with Crippen molar-refractivity contribution >= 4 is 29.2 Å². The van der Waals surface area contributed by atoms with Crippen LogP contribution in [0.1, 0.15) is 23.7 Å². The van der Waals surface area contributed by atoms with Crippen LogP contribution in [-0.2, 0) is 4.79 Å². The number of anilines is 1. The highest BCUT2D eigenvalue weighted by Crippen LogP contribution is 2.30. The molecule has 20 heavy (non-hydrogen) atoms. The van der Waals surface area contributed by atoms with Gasteiger partial charge < -0.3 is 14.9 Å². The van der Waals surface area contributed by atoms with Crippen molar-refractivity contribution in [1.29, 1.82) is 0 Å². The number of amides is 1. The summed E-state index contributed by atoms with van der Waals surface area (Å²) in [5, 5.41) is 9.71. The molecular weight excluding hydrogens is 280 g/mol. The summed E-state index contributed by atoms with van der Waals surface area (Å²) in [4.78, 5) is 26.5. The van der Waals surface area contributed by atoms with E-state index < -0.39 is 5.97 Å². The van der Waals surface area contributed by atoms with Crippen molar-refractivity contribution in [2.24, 2.45) is 0 Å². The Morgan fingerprint density at radius 3 is 2.60 bits per heavy atom. The van der Waals surface area contributed by atoms with E-state index in [-0.39, 0.29) is 11.5 Å². The average Bonchev–Trinajstić information content (AvgIpc) is 2.64. The van der Waals surface area contributed by atoms with Crippen LogP contribution < -0.4 is 4.90 Å². The number of carbonyl (C=O) groups is 2. The fourth-order valence-corrected chi connectivity index (χ4v) is 2.76. The van der Waals surface area contributed by atoms with Crippen LogP contribution in [0, 0.1) is 0 Å². The first-order valence-electron chi connectivity index (χ1n) is 6.53. The van der Waals surface area contributed by atoms with Gasteiger partial charge in [-0.3, -0.25) is 4.79 Å². The highest BCUT2D eigenvalue weighted by Gasteiger charge is 2.22. The number of carboxylic acid groups (broad SMARTS) is 1. The molecule has 0 bridgehead atoms. The van der Waals surface area contributed by atoms with E-state index in [4.69, 9.17) is 11.6 Å². The molecule has 5 nitrogen and oxygen atoms in total. The van der Waals surface area contributed by atoms with Crippen LogP contribution in [0.15, 0.2) is 18.2 Å². The zero-order chi connectivity index (χ0) is 14.7. The van der Waals surface area contributed by atoms with Crippen LogP contribution in [0.25, 0.3) is 0 Å². The molecule has 1 amide bonds. The first kappa shape index (κ1) is 14.7. The summed E-state index contributed by atoms with van der Waals surface area (Å²) in [6.07, 6.45) is 0.795. The maximum atomic E-state index is 11.4. The molecule has 0 aliphatic carbocycles. The standard InChI is InChI=1S/C14H17ClN2O3/c1-10(18)16-6-3-7-17(9-8-16)13-11(14(19)20)4-2-5-12(13)15/h2,4-5H,3,6-9H2,1H3,(H,19,20). The van der Waals surface area contributed by atoms with Crippen molar-refractivity contribution in [3.63, 3.8) is 0 Å². The molecule has 1 fully saturated rings. The fraction of sp³-hybridized carbons (Fsp3) is 0.429. The molecule has 1 aliphatic heterocycles. The Morgan fingerprint density at radius 1 is 1.20 bits per heavy atom. The molecule has 6 heteroatoms. The minimum Gasteiger partial charge on any atom is -0.478 e.